The highest BCUT2D eigenvalue weighted by Crippen LogP contribution is 2.36. The number of benzene rings is 1. The Morgan fingerprint density at radius 1 is 1.28 bits per heavy atom. The highest BCUT2D eigenvalue weighted by molar-refractivity contribution is 9.10. The van der Waals surface area contributed by atoms with E-state index in [2.05, 4.69) is 20.9 Å². The first-order valence-corrected chi connectivity index (χ1v) is 6.83. The van der Waals surface area contributed by atoms with Crippen molar-refractivity contribution in [2.45, 2.75) is 19.4 Å². The van der Waals surface area contributed by atoms with Crippen LogP contribution >= 0.6 is 39.1 Å². The normalized spacial score (nSPS) is 11.9. The molecule has 0 radical (unpaired) electrons. The van der Waals surface area contributed by atoms with Crippen molar-refractivity contribution in [2.24, 2.45) is 5.73 Å². The van der Waals surface area contributed by atoms with Crippen LogP contribution in [0.5, 0.6) is 0 Å². The molecule has 0 spiro atoms. The van der Waals surface area contributed by atoms with Crippen LogP contribution in [0.4, 0.5) is 0 Å². The molecule has 0 amide bonds. The Morgan fingerprint density at radius 3 is 2.56 bits per heavy atom. The van der Waals surface area contributed by atoms with Crippen molar-refractivity contribution in [3.8, 4) is 5.69 Å². The van der Waals surface area contributed by atoms with Gasteiger partial charge in [-0.3, -0.25) is 4.57 Å². The molecule has 0 bridgehead atoms. The van der Waals surface area contributed by atoms with E-state index in [1.807, 2.05) is 30.5 Å². The van der Waals surface area contributed by atoms with Gasteiger partial charge in [-0.2, -0.15) is 0 Å². The van der Waals surface area contributed by atoms with Crippen LogP contribution < -0.4 is 5.73 Å². The molecule has 3 nitrogen and oxygen atoms in total. The summed E-state index contributed by atoms with van der Waals surface area (Å²) in [5.74, 6) is 0. The molecule has 0 saturated heterocycles. The van der Waals surface area contributed by atoms with Crippen molar-refractivity contribution in [3.63, 3.8) is 0 Å². The Labute approximate surface area is 124 Å². The van der Waals surface area contributed by atoms with Crippen LogP contribution in [0.3, 0.4) is 0 Å². The second-order valence-electron chi connectivity index (χ2n) is 4.57. The first kappa shape index (κ1) is 13.9. The molecule has 0 fully saturated rings. The van der Waals surface area contributed by atoms with E-state index >= 15 is 0 Å². The molecule has 18 heavy (non-hydrogen) atoms. The molecule has 0 aliphatic carbocycles. The molecule has 0 aliphatic heterocycles. The van der Waals surface area contributed by atoms with Gasteiger partial charge < -0.3 is 5.73 Å². The van der Waals surface area contributed by atoms with Gasteiger partial charge in [-0.15, -0.1) is 0 Å². The van der Waals surface area contributed by atoms with Crippen LogP contribution in [0, 0.1) is 0 Å². The van der Waals surface area contributed by atoms with E-state index in [4.69, 9.17) is 28.9 Å². The Hall–Kier alpha value is -0.550. The lowest BCUT2D eigenvalue weighted by Gasteiger charge is -2.21. The summed E-state index contributed by atoms with van der Waals surface area (Å²) in [6.45, 7) is 3.82. The maximum Gasteiger partial charge on any atom is 0.0995 e. The van der Waals surface area contributed by atoms with E-state index in [1.165, 1.54) is 0 Å². The maximum absolute atomic E-state index is 6.26. The number of aromatic nitrogens is 2. The molecular weight excluding hydrogens is 337 g/mol. The summed E-state index contributed by atoms with van der Waals surface area (Å²) in [7, 11) is 0. The lowest BCUT2D eigenvalue weighted by molar-refractivity contribution is 0.524. The Kier molecular flexibility index (Phi) is 3.74. The topological polar surface area (TPSA) is 43.8 Å². The Balaban J connectivity index is 2.64. The van der Waals surface area contributed by atoms with Crippen molar-refractivity contribution < 1.29 is 0 Å². The zero-order chi connectivity index (χ0) is 13.5. The van der Waals surface area contributed by atoms with Gasteiger partial charge in [0.05, 0.1) is 39.5 Å². The smallest absolute Gasteiger partial charge is 0.0995 e. The van der Waals surface area contributed by atoms with Crippen LogP contribution in [-0.2, 0) is 5.54 Å². The van der Waals surface area contributed by atoms with Crippen LogP contribution in [0.1, 0.15) is 19.5 Å². The molecule has 1 aromatic heterocycles. The number of imidazole rings is 1. The number of nitrogens with two attached hydrogens (primary N) is 1. The van der Waals surface area contributed by atoms with Crippen molar-refractivity contribution in [3.05, 3.63) is 44.9 Å². The molecule has 2 rings (SSSR count). The minimum Gasteiger partial charge on any atom is -0.321 e. The fourth-order valence-electron chi connectivity index (χ4n) is 1.67. The van der Waals surface area contributed by atoms with Crippen LogP contribution in [0.2, 0.25) is 10.0 Å². The highest BCUT2D eigenvalue weighted by Gasteiger charge is 2.21. The number of hydrogen-bond acceptors (Lipinski definition) is 2. The molecule has 1 heterocycles. The SMILES string of the molecule is CC(C)(N)c1cncn1-c1ccc(Br)c(Cl)c1Cl. The summed E-state index contributed by atoms with van der Waals surface area (Å²) in [6, 6.07) is 3.71. The summed E-state index contributed by atoms with van der Waals surface area (Å²) in [6.07, 6.45) is 3.40. The number of nitrogens with zero attached hydrogens (tertiary/aromatic N) is 2. The largest absolute Gasteiger partial charge is 0.321 e. The minimum atomic E-state index is -0.515. The summed E-state index contributed by atoms with van der Waals surface area (Å²) in [5, 5.41) is 0.943. The first-order valence-electron chi connectivity index (χ1n) is 5.28. The number of hydrogen-bond donors (Lipinski definition) is 1. The van der Waals surface area contributed by atoms with E-state index in [9.17, 15) is 0 Å². The molecule has 96 valence electrons. The average molecular weight is 349 g/mol. The Bertz CT molecular complexity index is 587. The summed E-state index contributed by atoms with van der Waals surface area (Å²) >= 11 is 15.7. The van der Waals surface area contributed by atoms with E-state index in [0.29, 0.717) is 10.0 Å². The van der Waals surface area contributed by atoms with Gasteiger partial charge in [0.15, 0.2) is 0 Å². The predicted octanol–water partition coefficient (Wildman–Crippen LogP) is 4.14. The van der Waals surface area contributed by atoms with Gasteiger partial charge in [0.1, 0.15) is 0 Å². The van der Waals surface area contributed by atoms with Gasteiger partial charge in [0.2, 0.25) is 0 Å². The monoisotopic (exact) mass is 347 g/mol. The molecular formula is C12H12BrCl2N3. The highest BCUT2D eigenvalue weighted by atomic mass is 79.9. The second kappa shape index (κ2) is 4.85. The van der Waals surface area contributed by atoms with Crippen molar-refractivity contribution in [2.75, 3.05) is 0 Å². The molecule has 0 atom stereocenters. The van der Waals surface area contributed by atoms with Crippen LogP contribution in [-0.4, -0.2) is 9.55 Å². The van der Waals surface area contributed by atoms with Crippen molar-refractivity contribution in [1.82, 2.24) is 9.55 Å². The van der Waals surface area contributed by atoms with Gasteiger partial charge in [-0.05, 0) is 41.9 Å². The lowest BCUT2D eigenvalue weighted by Crippen LogP contribution is -2.31. The third-order valence-electron chi connectivity index (χ3n) is 2.57. The van der Waals surface area contributed by atoms with E-state index in [-0.39, 0.29) is 0 Å². The van der Waals surface area contributed by atoms with Crippen molar-refractivity contribution in [1.29, 1.82) is 0 Å². The Morgan fingerprint density at radius 2 is 1.94 bits per heavy atom. The lowest BCUT2D eigenvalue weighted by atomic mass is 10.0. The first-order chi connectivity index (χ1) is 8.32. The summed E-state index contributed by atoms with van der Waals surface area (Å²) in [5.41, 5.74) is 7.22. The van der Waals surface area contributed by atoms with Crippen LogP contribution in [0.15, 0.2) is 29.1 Å². The van der Waals surface area contributed by atoms with Gasteiger partial charge in [-0.25, -0.2) is 4.98 Å². The summed E-state index contributed by atoms with van der Waals surface area (Å²) in [4.78, 5) is 4.13. The molecule has 0 saturated carbocycles. The fraction of sp³-hybridized carbons (Fsp3) is 0.250. The predicted molar refractivity (Wildman–Crippen MR) is 78.5 cm³/mol. The quantitative estimate of drug-likeness (QED) is 0.829. The minimum absolute atomic E-state index is 0.467. The van der Waals surface area contributed by atoms with Crippen molar-refractivity contribution >= 4 is 39.1 Å². The molecule has 2 aromatic rings. The van der Waals surface area contributed by atoms with E-state index in [0.717, 1.165) is 15.9 Å². The van der Waals surface area contributed by atoms with Gasteiger partial charge in [0.25, 0.3) is 0 Å². The fourth-order valence-corrected chi connectivity index (χ4v) is 2.53. The van der Waals surface area contributed by atoms with Gasteiger partial charge in [-0.1, -0.05) is 23.2 Å². The van der Waals surface area contributed by atoms with Gasteiger partial charge >= 0.3 is 0 Å². The third kappa shape index (κ3) is 2.43. The van der Waals surface area contributed by atoms with Gasteiger partial charge in [0, 0.05) is 4.47 Å². The second-order valence-corrected chi connectivity index (χ2v) is 6.18. The zero-order valence-corrected chi connectivity index (χ0v) is 13.0. The molecule has 6 heteroatoms. The number of halogens is 3. The van der Waals surface area contributed by atoms with E-state index in [1.54, 1.807) is 12.5 Å². The molecule has 0 aliphatic rings. The summed E-state index contributed by atoms with van der Waals surface area (Å²) < 4.78 is 2.60. The zero-order valence-electron chi connectivity index (χ0n) is 9.92. The van der Waals surface area contributed by atoms with E-state index < -0.39 is 5.54 Å². The molecule has 1 aromatic carbocycles. The standard InChI is InChI=1S/C12H12BrCl2N3/c1-12(2,16)9-5-17-6-18(9)8-4-3-7(13)10(14)11(8)15/h3-6H,16H2,1-2H3. The molecule has 2 N–H and O–H groups in total. The maximum atomic E-state index is 6.26. The third-order valence-corrected chi connectivity index (χ3v) is 4.33. The molecule has 0 unspecified atom stereocenters. The average Bonchev–Trinajstić information content (AvgIpc) is 2.74. The number of rotatable bonds is 2. The van der Waals surface area contributed by atoms with Crippen LogP contribution in [0.25, 0.3) is 5.69 Å².